The molecule has 4 atom stereocenters. The van der Waals surface area contributed by atoms with Crippen molar-refractivity contribution < 1.29 is 33.4 Å². The zero-order chi connectivity index (χ0) is 32.9. The Balaban J connectivity index is 2.29. The van der Waals surface area contributed by atoms with Crippen LogP contribution in [0.5, 0.6) is 0 Å². The number of amides is 4. The van der Waals surface area contributed by atoms with Crippen LogP contribution in [0.3, 0.4) is 0 Å². The summed E-state index contributed by atoms with van der Waals surface area (Å²) in [7, 11) is 1.21. The normalized spacial score (nSPS) is 13.9. The molecule has 0 bridgehead atoms. The predicted molar refractivity (Wildman–Crippen MR) is 162 cm³/mol. The molecule has 0 saturated heterocycles. The summed E-state index contributed by atoms with van der Waals surface area (Å²) in [4.78, 5) is 73.1. The van der Waals surface area contributed by atoms with E-state index in [1.165, 1.54) is 14.0 Å². The zero-order valence-electron chi connectivity index (χ0n) is 26.4. The van der Waals surface area contributed by atoms with E-state index in [4.69, 9.17) is 9.47 Å². The van der Waals surface area contributed by atoms with E-state index in [1.54, 1.807) is 69.8 Å². The first kappa shape index (κ1) is 35.6. The number of nitrogens with one attached hydrogen (secondary N) is 4. The van der Waals surface area contributed by atoms with E-state index in [0.29, 0.717) is 11.1 Å². The first-order valence-corrected chi connectivity index (χ1v) is 14.4. The lowest BCUT2D eigenvalue weighted by Gasteiger charge is -2.27. The Labute approximate surface area is 258 Å². The van der Waals surface area contributed by atoms with E-state index in [9.17, 15) is 24.0 Å². The Bertz CT molecular complexity index is 1250. The topological polar surface area (TPSA) is 178 Å². The maximum Gasteiger partial charge on any atom is 0.408 e. The molecular weight excluding hydrogens is 568 g/mol. The quantitative estimate of drug-likeness (QED) is 0.232. The van der Waals surface area contributed by atoms with Gasteiger partial charge >= 0.3 is 12.1 Å². The van der Waals surface area contributed by atoms with Crippen molar-refractivity contribution in [1.29, 1.82) is 0 Å². The SMILES string of the molecule is COC(=O)[C@H](C)NC(=O)[C@H](Cc1cccnc1)NC(=O)[C@H](CC(C)C)NC(=O)[C@H](Cc1cccnc1)NC(=O)OC(C)(C)C. The molecule has 0 unspecified atom stereocenters. The Kier molecular flexibility index (Phi) is 13.7. The summed E-state index contributed by atoms with van der Waals surface area (Å²) in [5.74, 6) is -2.51. The van der Waals surface area contributed by atoms with Crippen molar-refractivity contribution in [3.63, 3.8) is 0 Å². The molecule has 0 saturated carbocycles. The third-order valence-electron chi connectivity index (χ3n) is 6.22. The Morgan fingerprint density at radius 2 is 1.23 bits per heavy atom. The predicted octanol–water partition coefficient (Wildman–Crippen LogP) is 1.85. The van der Waals surface area contributed by atoms with Crippen LogP contribution in [0.4, 0.5) is 4.79 Å². The minimum Gasteiger partial charge on any atom is -0.467 e. The zero-order valence-corrected chi connectivity index (χ0v) is 26.4. The molecule has 0 aliphatic carbocycles. The lowest BCUT2D eigenvalue weighted by molar-refractivity contribution is -0.144. The van der Waals surface area contributed by atoms with Crippen LogP contribution in [0.1, 0.15) is 59.1 Å². The van der Waals surface area contributed by atoms with E-state index < -0.39 is 59.6 Å². The van der Waals surface area contributed by atoms with Crippen LogP contribution in [0.15, 0.2) is 49.1 Å². The Morgan fingerprint density at radius 3 is 1.68 bits per heavy atom. The molecule has 4 amide bonds. The van der Waals surface area contributed by atoms with Crippen LogP contribution in [0.2, 0.25) is 0 Å². The smallest absolute Gasteiger partial charge is 0.408 e. The number of carbonyl (C=O) groups excluding carboxylic acids is 5. The standard InChI is InChI=1S/C31H44N6O7/c1-19(2)14-23(35-28(40)25(16-22-11-9-13-33-18-22)37-30(42)44-31(4,5)6)27(39)36-24(15-21-10-8-12-32-17-21)26(38)34-20(3)29(41)43-7/h8-13,17-20,23-25H,14-16H2,1-7H3,(H,34,38)(H,35,40)(H,36,39)(H,37,42)/t20-,23-,24-,25-/m0/s1. The average molecular weight is 613 g/mol. The van der Waals surface area contributed by atoms with Crippen LogP contribution < -0.4 is 21.3 Å². The number of ether oxygens (including phenoxy) is 2. The van der Waals surface area contributed by atoms with Crippen molar-refractivity contribution in [2.24, 2.45) is 5.92 Å². The number of carbonyl (C=O) groups is 5. The van der Waals surface area contributed by atoms with Crippen LogP contribution in [-0.2, 0) is 41.5 Å². The van der Waals surface area contributed by atoms with E-state index in [0.717, 1.165) is 0 Å². The van der Waals surface area contributed by atoms with Crippen LogP contribution in [0.25, 0.3) is 0 Å². The van der Waals surface area contributed by atoms with Crippen molar-refractivity contribution in [3.8, 4) is 0 Å². The van der Waals surface area contributed by atoms with Crippen molar-refractivity contribution in [1.82, 2.24) is 31.2 Å². The molecule has 2 aromatic rings. The van der Waals surface area contributed by atoms with Crippen LogP contribution in [-0.4, -0.2) is 76.6 Å². The second-order valence-electron chi connectivity index (χ2n) is 11.8. The number of hydrogen-bond acceptors (Lipinski definition) is 9. The summed E-state index contributed by atoms with van der Waals surface area (Å²) in [5.41, 5.74) is 0.553. The summed E-state index contributed by atoms with van der Waals surface area (Å²) in [6.45, 7) is 10.3. The van der Waals surface area contributed by atoms with Crippen molar-refractivity contribution >= 4 is 29.8 Å². The molecule has 2 heterocycles. The molecule has 44 heavy (non-hydrogen) atoms. The van der Waals surface area contributed by atoms with E-state index in [1.807, 2.05) is 13.8 Å². The van der Waals surface area contributed by atoms with Gasteiger partial charge in [-0.25, -0.2) is 9.59 Å². The van der Waals surface area contributed by atoms with Gasteiger partial charge in [-0.15, -0.1) is 0 Å². The van der Waals surface area contributed by atoms with E-state index in [-0.39, 0.29) is 25.2 Å². The van der Waals surface area contributed by atoms with Gasteiger partial charge in [0.25, 0.3) is 0 Å². The molecule has 0 aliphatic heterocycles. The molecule has 0 fully saturated rings. The first-order chi connectivity index (χ1) is 20.7. The summed E-state index contributed by atoms with van der Waals surface area (Å²) in [6, 6.07) is 2.72. The highest BCUT2D eigenvalue weighted by atomic mass is 16.6. The average Bonchev–Trinajstić information content (AvgIpc) is 2.95. The van der Waals surface area contributed by atoms with Gasteiger partial charge in [0.15, 0.2) is 0 Å². The van der Waals surface area contributed by atoms with Gasteiger partial charge in [0, 0.05) is 37.6 Å². The number of pyridine rings is 2. The number of nitrogens with zero attached hydrogens (tertiary/aromatic N) is 2. The summed E-state index contributed by atoms with van der Waals surface area (Å²) >= 11 is 0. The van der Waals surface area contributed by atoms with Gasteiger partial charge < -0.3 is 30.7 Å². The van der Waals surface area contributed by atoms with Crippen LogP contribution >= 0.6 is 0 Å². The van der Waals surface area contributed by atoms with Gasteiger partial charge in [-0.05, 0) is 63.3 Å². The van der Waals surface area contributed by atoms with Gasteiger partial charge in [0.1, 0.15) is 29.8 Å². The lowest BCUT2D eigenvalue weighted by Crippen LogP contribution is -2.58. The molecule has 0 spiro atoms. The molecule has 2 rings (SSSR count). The number of alkyl carbamates (subject to hydrolysis) is 1. The molecule has 4 N–H and O–H groups in total. The van der Waals surface area contributed by atoms with Gasteiger partial charge in [-0.1, -0.05) is 26.0 Å². The van der Waals surface area contributed by atoms with Crippen molar-refractivity contribution in [2.45, 2.75) is 90.6 Å². The van der Waals surface area contributed by atoms with Crippen molar-refractivity contribution in [2.75, 3.05) is 7.11 Å². The summed E-state index contributed by atoms with van der Waals surface area (Å²) in [5, 5.41) is 10.6. The molecule has 13 heteroatoms. The Morgan fingerprint density at radius 1 is 0.750 bits per heavy atom. The van der Waals surface area contributed by atoms with E-state index >= 15 is 0 Å². The van der Waals surface area contributed by atoms with Crippen molar-refractivity contribution in [3.05, 3.63) is 60.2 Å². The fourth-order valence-corrected chi connectivity index (χ4v) is 4.17. The number of aromatic nitrogens is 2. The van der Waals surface area contributed by atoms with Crippen LogP contribution in [0, 0.1) is 5.92 Å². The summed E-state index contributed by atoms with van der Waals surface area (Å²) < 4.78 is 10.1. The van der Waals surface area contributed by atoms with Gasteiger partial charge in [-0.3, -0.25) is 24.4 Å². The highest BCUT2D eigenvalue weighted by Gasteiger charge is 2.32. The molecular formula is C31H44N6O7. The largest absolute Gasteiger partial charge is 0.467 e. The van der Waals surface area contributed by atoms with E-state index in [2.05, 4.69) is 31.2 Å². The number of methoxy groups -OCH3 is 1. The maximum atomic E-state index is 13.7. The van der Waals surface area contributed by atoms with Gasteiger partial charge in [0.05, 0.1) is 7.11 Å². The lowest BCUT2D eigenvalue weighted by atomic mass is 10.00. The second-order valence-corrected chi connectivity index (χ2v) is 11.8. The highest BCUT2D eigenvalue weighted by molar-refractivity contribution is 5.95. The fourth-order valence-electron chi connectivity index (χ4n) is 4.17. The van der Waals surface area contributed by atoms with Gasteiger partial charge in [-0.2, -0.15) is 0 Å². The molecule has 0 aromatic carbocycles. The highest BCUT2D eigenvalue weighted by Crippen LogP contribution is 2.11. The summed E-state index contributed by atoms with van der Waals surface area (Å²) in [6.07, 6.45) is 5.92. The minimum atomic E-state index is -1.10. The minimum absolute atomic E-state index is 0.0217. The fraction of sp³-hybridized carbons (Fsp3) is 0.516. The molecule has 0 radical (unpaired) electrons. The second kappa shape index (κ2) is 16.9. The monoisotopic (exact) mass is 612 g/mol. The maximum absolute atomic E-state index is 13.7. The number of esters is 1. The number of rotatable bonds is 14. The van der Waals surface area contributed by atoms with Gasteiger partial charge in [0.2, 0.25) is 17.7 Å². The third-order valence-corrected chi connectivity index (χ3v) is 6.22. The molecule has 13 nitrogen and oxygen atoms in total. The molecule has 2 aromatic heterocycles. The first-order valence-electron chi connectivity index (χ1n) is 14.4. The molecule has 240 valence electrons. The Hall–Kier alpha value is -4.55. The molecule has 0 aliphatic rings. The number of hydrogen-bond donors (Lipinski definition) is 4. The third kappa shape index (κ3) is 12.8.